The molecule has 0 radical (unpaired) electrons. The summed E-state index contributed by atoms with van der Waals surface area (Å²) in [6.45, 7) is 0. The van der Waals surface area contributed by atoms with Crippen molar-refractivity contribution in [3.63, 3.8) is 0 Å². The van der Waals surface area contributed by atoms with Gasteiger partial charge in [0.05, 0.1) is 0 Å². The van der Waals surface area contributed by atoms with Gasteiger partial charge in [0.15, 0.2) is 0 Å². The predicted molar refractivity (Wildman–Crippen MR) is 52.8 cm³/mol. The monoisotopic (exact) mass is 270 g/mol. The molecule has 2 rings (SSSR count). The summed E-state index contributed by atoms with van der Waals surface area (Å²) in [5.74, 6) is -0.375. The van der Waals surface area contributed by atoms with Crippen molar-refractivity contribution < 1.29 is 13.7 Å². The molecule has 2 aromatic rings. The number of carbonyl (C=O) groups is 1. The largest absolute Gasteiger partial charge is 0.331 e. The van der Waals surface area contributed by atoms with Crippen LogP contribution in [0.1, 0.15) is 10.7 Å². The molecule has 0 fully saturated rings. The summed E-state index contributed by atoms with van der Waals surface area (Å²) in [4.78, 5) is 14.1. The van der Waals surface area contributed by atoms with E-state index in [1.165, 1.54) is 12.1 Å². The molecule has 0 saturated heterocycles. The van der Waals surface area contributed by atoms with Gasteiger partial charge in [-0.25, -0.2) is 4.39 Å². The average Bonchev–Trinajstić information content (AvgIpc) is 2.64. The fraction of sp³-hybridized carbons (Fsp3) is 0. The molecule has 1 heterocycles. The van der Waals surface area contributed by atoms with E-state index in [4.69, 9.17) is 0 Å². The maximum absolute atomic E-state index is 13.0. The lowest BCUT2D eigenvalue weighted by Crippen LogP contribution is -1.84. The van der Waals surface area contributed by atoms with Crippen LogP contribution in [0.25, 0.3) is 11.4 Å². The smallest absolute Gasteiger partial charge is 0.291 e. The van der Waals surface area contributed by atoms with Gasteiger partial charge in [-0.3, -0.25) is 4.79 Å². The van der Waals surface area contributed by atoms with E-state index in [1.807, 2.05) is 0 Å². The van der Waals surface area contributed by atoms with Crippen molar-refractivity contribution in [3.8, 4) is 11.4 Å². The Balaban J connectivity index is 2.48. The molecule has 0 atom stereocenters. The Morgan fingerprint density at radius 1 is 1.40 bits per heavy atom. The zero-order chi connectivity index (χ0) is 10.8. The molecular formula is C9H4BrFN2O2. The van der Waals surface area contributed by atoms with E-state index >= 15 is 0 Å². The number of halogens is 2. The maximum atomic E-state index is 13.0. The molecule has 4 nitrogen and oxygen atoms in total. The van der Waals surface area contributed by atoms with Gasteiger partial charge < -0.3 is 4.52 Å². The van der Waals surface area contributed by atoms with Crippen molar-refractivity contribution in [2.24, 2.45) is 0 Å². The van der Waals surface area contributed by atoms with E-state index in [0.717, 1.165) is 0 Å². The first-order valence-corrected chi connectivity index (χ1v) is 4.73. The van der Waals surface area contributed by atoms with Crippen molar-refractivity contribution in [1.82, 2.24) is 10.1 Å². The van der Waals surface area contributed by atoms with Crippen LogP contribution in [0.5, 0.6) is 0 Å². The molecule has 0 N–H and O–H groups in total. The topological polar surface area (TPSA) is 56.0 Å². The van der Waals surface area contributed by atoms with Crippen molar-refractivity contribution >= 4 is 22.2 Å². The van der Waals surface area contributed by atoms with E-state index in [9.17, 15) is 9.18 Å². The van der Waals surface area contributed by atoms with Gasteiger partial charge in [0.25, 0.3) is 5.89 Å². The molecule has 1 aromatic carbocycles. The standard InChI is InChI=1S/C9H4BrFN2O2/c10-6-1-5(2-7(11)3-6)9-12-8(4-14)15-13-9/h1-4H. The van der Waals surface area contributed by atoms with Crippen LogP contribution in [0.2, 0.25) is 0 Å². The summed E-state index contributed by atoms with van der Waals surface area (Å²) >= 11 is 3.14. The van der Waals surface area contributed by atoms with Gasteiger partial charge in [-0.2, -0.15) is 4.98 Å². The summed E-state index contributed by atoms with van der Waals surface area (Å²) in [6.07, 6.45) is 0.435. The zero-order valence-corrected chi connectivity index (χ0v) is 8.86. The number of nitrogens with zero attached hydrogens (tertiary/aromatic N) is 2. The van der Waals surface area contributed by atoms with Gasteiger partial charge in [0.2, 0.25) is 12.1 Å². The van der Waals surface area contributed by atoms with Crippen LogP contribution in [0.3, 0.4) is 0 Å². The number of benzene rings is 1. The molecule has 0 aliphatic carbocycles. The van der Waals surface area contributed by atoms with E-state index < -0.39 is 5.82 Å². The third-order valence-electron chi connectivity index (χ3n) is 1.66. The molecule has 1 aromatic heterocycles. The second-order valence-electron chi connectivity index (χ2n) is 2.73. The van der Waals surface area contributed by atoms with Crippen LogP contribution in [0.4, 0.5) is 4.39 Å². The van der Waals surface area contributed by atoms with E-state index in [2.05, 4.69) is 30.6 Å². The van der Waals surface area contributed by atoms with Crippen LogP contribution in [0, 0.1) is 5.82 Å². The first-order valence-electron chi connectivity index (χ1n) is 3.94. The minimum Gasteiger partial charge on any atom is -0.331 e. The summed E-state index contributed by atoms with van der Waals surface area (Å²) < 4.78 is 18.2. The summed E-state index contributed by atoms with van der Waals surface area (Å²) in [6, 6.07) is 4.19. The highest BCUT2D eigenvalue weighted by molar-refractivity contribution is 9.10. The SMILES string of the molecule is O=Cc1nc(-c2cc(F)cc(Br)c2)no1. The maximum Gasteiger partial charge on any atom is 0.291 e. The molecule has 0 spiro atoms. The van der Waals surface area contributed by atoms with Crippen molar-refractivity contribution in [2.75, 3.05) is 0 Å². The van der Waals surface area contributed by atoms with E-state index in [1.54, 1.807) is 6.07 Å². The van der Waals surface area contributed by atoms with Gasteiger partial charge >= 0.3 is 0 Å². The number of carbonyl (C=O) groups excluding carboxylic acids is 1. The molecule has 0 aliphatic rings. The highest BCUT2D eigenvalue weighted by Crippen LogP contribution is 2.22. The van der Waals surface area contributed by atoms with Crippen molar-refractivity contribution in [3.05, 3.63) is 34.4 Å². The Hall–Kier alpha value is -1.56. The van der Waals surface area contributed by atoms with Gasteiger partial charge in [-0.1, -0.05) is 21.1 Å². The quantitative estimate of drug-likeness (QED) is 0.787. The first kappa shape index (κ1) is 9.97. The van der Waals surface area contributed by atoms with Crippen LogP contribution in [-0.2, 0) is 0 Å². The lowest BCUT2D eigenvalue weighted by molar-refractivity contribution is 0.108. The zero-order valence-electron chi connectivity index (χ0n) is 7.28. The summed E-state index contributed by atoms with van der Waals surface area (Å²) in [5.41, 5.74) is 0.443. The van der Waals surface area contributed by atoms with E-state index in [-0.39, 0.29) is 11.7 Å². The number of aromatic nitrogens is 2. The average molecular weight is 271 g/mol. The Kier molecular flexibility index (Phi) is 2.59. The lowest BCUT2D eigenvalue weighted by Gasteiger charge is -1.96. The first-order chi connectivity index (χ1) is 7.19. The molecule has 15 heavy (non-hydrogen) atoms. The van der Waals surface area contributed by atoms with Gasteiger partial charge in [0.1, 0.15) is 5.82 Å². The van der Waals surface area contributed by atoms with Crippen molar-refractivity contribution in [2.45, 2.75) is 0 Å². The molecule has 0 saturated carbocycles. The minimum atomic E-state index is -0.420. The van der Waals surface area contributed by atoms with Crippen LogP contribution in [0.15, 0.2) is 27.2 Å². The predicted octanol–water partition coefficient (Wildman–Crippen LogP) is 2.45. The second-order valence-corrected chi connectivity index (χ2v) is 3.65. The Morgan fingerprint density at radius 2 is 2.20 bits per heavy atom. The highest BCUT2D eigenvalue weighted by Gasteiger charge is 2.09. The molecule has 76 valence electrons. The molecular weight excluding hydrogens is 267 g/mol. The van der Waals surface area contributed by atoms with Gasteiger partial charge in [0, 0.05) is 10.0 Å². The number of aldehydes is 1. The number of hydrogen-bond acceptors (Lipinski definition) is 4. The summed E-state index contributed by atoms with van der Waals surface area (Å²) in [7, 11) is 0. The Morgan fingerprint density at radius 3 is 2.80 bits per heavy atom. The molecule has 6 heteroatoms. The van der Waals surface area contributed by atoms with Crippen LogP contribution in [-0.4, -0.2) is 16.4 Å². The third kappa shape index (κ3) is 2.10. The van der Waals surface area contributed by atoms with Crippen molar-refractivity contribution in [1.29, 1.82) is 0 Å². The Labute approximate surface area is 92.2 Å². The van der Waals surface area contributed by atoms with Crippen LogP contribution >= 0.6 is 15.9 Å². The fourth-order valence-electron chi connectivity index (χ4n) is 1.08. The third-order valence-corrected chi connectivity index (χ3v) is 2.12. The highest BCUT2D eigenvalue weighted by atomic mass is 79.9. The normalized spacial score (nSPS) is 10.3. The summed E-state index contributed by atoms with van der Waals surface area (Å²) in [5, 5.41) is 3.53. The van der Waals surface area contributed by atoms with E-state index in [0.29, 0.717) is 16.3 Å². The Bertz CT molecular complexity index is 492. The van der Waals surface area contributed by atoms with Crippen LogP contribution < -0.4 is 0 Å². The molecule has 0 amide bonds. The number of rotatable bonds is 2. The molecule has 0 bridgehead atoms. The van der Waals surface area contributed by atoms with Gasteiger partial charge in [-0.05, 0) is 18.2 Å². The van der Waals surface area contributed by atoms with Gasteiger partial charge in [-0.15, -0.1) is 0 Å². The minimum absolute atomic E-state index is 0.134. The molecule has 0 aliphatic heterocycles. The lowest BCUT2D eigenvalue weighted by atomic mass is 10.2. The number of hydrogen-bond donors (Lipinski definition) is 0. The second kappa shape index (κ2) is 3.90. The molecule has 0 unspecified atom stereocenters. The fourth-order valence-corrected chi connectivity index (χ4v) is 1.55.